The number of fused-ring (bicyclic) bond motifs is 1. The maximum absolute atomic E-state index is 11.8. The Labute approximate surface area is 87.2 Å². The van der Waals surface area contributed by atoms with Crippen LogP contribution in [0.25, 0.3) is 0 Å². The van der Waals surface area contributed by atoms with Crippen LogP contribution in [0.2, 0.25) is 0 Å². The average Bonchev–Trinajstić information content (AvgIpc) is 2.57. The van der Waals surface area contributed by atoms with Crippen molar-refractivity contribution in [3.05, 3.63) is 29.3 Å². The van der Waals surface area contributed by atoms with Crippen LogP contribution in [-0.2, 0) is 9.53 Å². The van der Waals surface area contributed by atoms with Gasteiger partial charge in [-0.2, -0.15) is 0 Å². The summed E-state index contributed by atoms with van der Waals surface area (Å²) in [6, 6.07) is 4.51. The van der Waals surface area contributed by atoms with E-state index < -0.39 is 12.0 Å². The van der Waals surface area contributed by atoms with Gasteiger partial charge in [-0.05, 0) is 18.6 Å². The molecule has 1 unspecified atom stereocenters. The first kappa shape index (κ1) is 9.71. The van der Waals surface area contributed by atoms with Crippen molar-refractivity contribution in [2.24, 2.45) is 0 Å². The molecule has 4 nitrogen and oxygen atoms in total. The summed E-state index contributed by atoms with van der Waals surface area (Å²) < 4.78 is 4.55. The second-order valence-corrected chi connectivity index (χ2v) is 3.46. The second-order valence-electron chi connectivity index (χ2n) is 3.46. The summed E-state index contributed by atoms with van der Waals surface area (Å²) in [6.45, 7) is 1.89. The highest BCUT2D eigenvalue weighted by atomic mass is 16.5. The molecule has 1 heterocycles. The molecule has 78 valence electrons. The number of benzene rings is 1. The number of methoxy groups -OCH3 is 1. The number of aryl methyl sites for hydroxylation is 1. The highest BCUT2D eigenvalue weighted by molar-refractivity contribution is 6.20. The van der Waals surface area contributed by atoms with E-state index in [0.29, 0.717) is 5.56 Å². The van der Waals surface area contributed by atoms with Crippen LogP contribution in [-0.4, -0.2) is 24.9 Å². The number of carbonyl (C=O) groups excluding carboxylic acids is 2. The molecule has 0 saturated carbocycles. The molecule has 0 amide bonds. The van der Waals surface area contributed by atoms with E-state index in [0.717, 1.165) is 11.3 Å². The lowest BCUT2D eigenvalue weighted by Crippen LogP contribution is -2.33. The summed E-state index contributed by atoms with van der Waals surface area (Å²) in [6.07, 6.45) is 0. The van der Waals surface area contributed by atoms with Gasteiger partial charge < -0.3 is 10.1 Å². The van der Waals surface area contributed by atoms with Gasteiger partial charge in [0.2, 0.25) is 0 Å². The number of anilines is 1. The standard InChI is InChI=1S/C11H11NO3/c1-6-4-3-5-7-8(6)12-9(10(7)13)11(14)15-2/h3-5,9,12H,1-2H3. The molecule has 0 radical (unpaired) electrons. The Morgan fingerprint density at radius 2 is 2.20 bits per heavy atom. The van der Waals surface area contributed by atoms with E-state index >= 15 is 0 Å². The van der Waals surface area contributed by atoms with Gasteiger partial charge in [0, 0.05) is 11.3 Å². The van der Waals surface area contributed by atoms with Crippen LogP contribution >= 0.6 is 0 Å². The summed E-state index contributed by atoms with van der Waals surface area (Å²) in [5.41, 5.74) is 2.25. The maximum atomic E-state index is 11.8. The van der Waals surface area contributed by atoms with Crippen LogP contribution in [0.15, 0.2) is 18.2 Å². The molecule has 15 heavy (non-hydrogen) atoms. The van der Waals surface area contributed by atoms with Crippen molar-refractivity contribution in [3.8, 4) is 0 Å². The smallest absolute Gasteiger partial charge is 0.336 e. The van der Waals surface area contributed by atoms with E-state index in [4.69, 9.17) is 0 Å². The van der Waals surface area contributed by atoms with Gasteiger partial charge in [0.05, 0.1) is 7.11 Å². The third-order valence-electron chi connectivity index (χ3n) is 2.53. The van der Waals surface area contributed by atoms with E-state index in [9.17, 15) is 9.59 Å². The van der Waals surface area contributed by atoms with Crippen LogP contribution < -0.4 is 5.32 Å². The summed E-state index contributed by atoms with van der Waals surface area (Å²) >= 11 is 0. The minimum Gasteiger partial charge on any atom is -0.467 e. The van der Waals surface area contributed by atoms with Gasteiger partial charge in [0.1, 0.15) is 0 Å². The van der Waals surface area contributed by atoms with Gasteiger partial charge in [-0.3, -0.25) is 4.79 Å². The monoisotopic (exact) mass is 205 g/mol. The molecule has 4 heteroatoms. The number of ketones is 1. The van der Waals surface area contributed by atoms with Gasteiger partial charge >= 0.3 is 5.97 Å². The number of Topliss-reactive ketones (excluding diaryl/α,β-unsaturated/α-hetero) is 1. The zero-order valence-corrected chi connectivity index (χ0v) is 8.53. The van der Waals surface area contributed by atoms with E-state index in [1.54, 1.807) is 12.1 Å². The van der Waals surface area contributed by atoms with E-state index in [-0.39, 0.29) is 5.78 Å². The number of ether oxygens (including phenoxy) is 1. The molecule has 1 atom stereocenters. The lowest BCUT2D eigenvalue weighted by Gasteiger charge is -2.07. The SMILES string of the molecule is COC(=O)C1Nc2c(C)cccc2C1=O. The van der Waals surface area contributed by atoms with E-state index in [2.05, 4.69) is 10.1 Å². The molecule has 0 spiro atoms. The van der Waals surface area contributed by atoms with Gasteiger partial charge in [-0.15, -0.1) is 0 Å². The van der Waals surface area contributed by atoms with Crippen molar-refractivity contribution in [2.45, 2.75) is 13.0 Å². The van der Waals surface area contributed by atoms with Crippen molar-refractivity contribution in [3.63, 3.8) is 0 Å². The fourth-order valence-electron chi connectivity index (χ4n) is 1.71. The van der Waals surface area contributed by atoms with Crippen molar-refractivity contribution < 1.29 is 14.3 Å². The van der Waals surface area contributed by atoms with Crippen molar-refractivity contribution >= 4 is 17.4 Å². The Kier molecular flexibility index (Phi) is 2.19. The minimum atomic E-state index is -0.883. The summed E-state index contributed by atoms with van der Waals surface area (Å²) in [5, 5.41) is 2.88. The Morgan fingerprint density at radius 1 is 1.47 bits per heavy atom. The van der Waals surface area contributed by atoms with E-state index in [1.807, 2.05) is 13.0 Å². The molecule has 0 bridgehead atoms. The minimum absolute atomic E-state index is 0.222. The van der Waals surface area contributed by atoms with Gasteiger partial charge in [-0.25, -0.2) is 4.79 Å². The number of esters is 1. The Bertz CT molecular complexity index is 439. The van der Waals surface area contributed by atoms with E-state index in [1.165, 1.54) is 7.11 Å². The highest BCUT2D eigenvalue weighted by Crippen LogP contribution is 2.29. The number of nitrogens with one attached hydrogen (secondary N) is 1. The average molecular weight is 205 g/mol. The lowest BCUT2D eigenvalue weighted by atomic mass is 10.1. The van der Waals surface area contributed by atoms with Gasteiger partial charge in [-0.1, -0.05) is 12.1 Å². The molecular weight excluding hydrogens is 194 g/mol. The number of carbonyl (C=O) groups is 2. The fraction of sp³-hybridized carbons (Fsp3) is 0.273. The summed E-state index contributed by atoms with van der Waals surface area (Å²) in [7, 11) is 1.27. The number of para-hydroxylation sites is 1. The third-order valence-corrected chi connectivity index (χ3v) is 2.53. The first-order chi connectivity index (χ1) is 7.15. The maximum Gasteiger partial charge on any atom is 0.336 e. The topological polar surface area (TPSA) is 55.4 Å². The molecule has 1 aliphatic heterocycles. The molecule has 1 aliphatic rings. The Balaban J connectivity index is 2.41. The molecule has 0 aliphatic carbocycles. The zero-order valence-electron chi connectivity index (χ0n) is 8.53. The molecule has 0 aromatic heterocycles. The predicted molar refractivity (Wildman–Crippen MR) is 54.9 cm³/mol. The van der Waals surface area contributed by atoms with Crippen LogP contribution in [0.5, 0.6) is 0 Å². The predicted octanol–water partition coefficient (Wildman–Crippen LogP) is 1.14. The van der Waals surface area contributed by atoms with Crippen LogP contribution in [0.3, 0.4) is 0 Å². The largest absolute Gasteiger partial charge is 0.467 e. The fourth-order valence-corrected chi connectivity index (χ4v) is 1.71. The quantitative estimate of drug-likeness (QED) is 0.552. The normalized spacial score (nSPS) is 18.3. The molecule has 1 N–H and O–H groups in total. The molecule has 1 aromatic carbocycles. The Hall–Kier alpha value is -1.84. The summed E-state index contributed by atoms with van der Waals surface area (Å²) in [5.74, 6) is -0.767. The van der Waals surface area contributed by atoms with Crippen molar-refractivity contribution in [1.82, 2.24) is 0 Å². The lowest BCUT2D eigenvalue weighted by molar-refractivity contribution is -0.140. The van der Waals surface area contributed by atoms with Gasteiger partial charge in [0.15, 0.2) is 11.8 Å². The summed E-state index contributed by atoms with van der Waals surface area (Å²) in [4.78, 5) is 23.1. The Morgan fingerprint density at radius 3 is 2.80 bits per heavy atom. The number of hydrogen-bond acceptors (Lipinski definition) is 4. The van der Waals surface area contributed by atoms with Crippen molar-refractivity contribution in [1.29, 1.82) is 0 Å². The van der Waals surface area contributed by atoms with Crippen LogP contribution in [0, 0.1) is 6.92 Å². The third kappa shape index (κ3) is 1.38. The number of rotatable bonds is 1. The molecule has 2 rings (SSSR count). The first-order valence-electron chi connectivity index (χ1n) is 4.63. The highest BCUT2D eigenvalue weighted by Gasteiger charge is 2.36. The van der Waals surface area contributed by atoms with Crippen molar-refractivity contribution in [2.75, 3.05) is 12.4 Å². The number of hydrogen-bond donors (Lipinski definition) is 1. The molecule has 1 aromatic rings. The molecular formula is C11H11NO3. The molecule has 0 saturated heterocycles. The van der Waals surface area contributed by atoms with Gasteiger partial charge in [0.25, 0.3) is 0 Å². The molecule has 0 fully saturated rings. The van der Waals surface area contributed by atoms with Crippen LogP contribution in [0.1, 0.15) is 15.9 Å². The first-order valence-corrected chi connectivity index (χ1v) is 4.63. The zero-order chi connectivity index (χ0) is 11.0. The van der Waals surface area contributed by atoms with Crippen LogP contribution in [0.4, 0.5) is 5.69 Å². The second kappa shape index (κ2) is 3.38.